The summed E-state index contributed by atoms with van der Waals surface area (Å²) in [6, 6.07) is 52.1. The Labute approximate surface area is 252 Å². The van der Waals surface area contributed by atoms with Gasteiger partial charge in [-0.25, -0.2) is 0 Å². The molecule has 0 radical (unpaired) electrons. The third kappa shape index (κ3) is 6.75. The van der Waals surface area contributed by atoms with E-state index in [0.29, 0.717) is 0 Å². The number of para-hydroxylation sites is 1. The fraction of sp³-hybridized carbons (Fsp3) is 0. The molecule has 0 aliphatic heterocycles. The van der Waals surface area contributed by atoms with Crippen molar-refractivity contribution in [3.05, 3.63) is 186 Å². The standard InChI is InChI=1S/C40H31NO2/c42-38-25-17-33(18-26-38)40(34-19-27-39(43)28-20-34)29-32-15-23-37(24-16-32)41(35-9-5-2-6-10-35)36-21-13-31(14-22-36)12-11-30-7-3-1-4-8-30/h1-29,42-43H. The Hall–Kier alpha value is -5.80. The molecule has 0 aliphatic carbocycles. The van der Waals surface area contributed by atoms with E-state index in [0.717, 1.165) is 44.9 Å². The van der Waals surface area contributed by atoms with Crippen molar-refractivity contribution >= 4 is 40.9 Å². The van der Waals surface area contributed by atoms with E-state index in [-0.39, 0.29) is 11.5 Å². The van der Waals surface area contributed by atoms with Crippen LogP contribution in [0.1, 0.15) is 27.8 Å². The minimum Gasteiger partial charge on any atom is -0.508 e. The van der Waals surface area contributed by atoms with Gasteiger partial charge in [0.05, 0.1) is 0 Å². The molecular formula is C40H31NO2. The van der Waals surface area contributed by atoms with E-state index in [9.17, 15) is 10.2 Å². The lowest BCUT2D eigenvalue weighted by Gasteiger charge is -2.25. The zero-order valence-corrected chi connectivity index (χ0v) is 23.6. The van der Waals surface area contributed by atoms with Crippen molar-refractivity contribution in [1.29, 1.82) is 0 Å². The molecule has 3 heteroatoms. The third-order valence-corrected chi connectivity index (χ3v) is 7.25. The number of rotatable bonds is 8. The molecule has 0 aliphatic rings. The average molecular weight is 558 g/mol. The SMILES string of the molecule is Oc1ccc(C(=Cc2ccc(N(c3ccccc3)c3ccc(C=Cc4ccccc4)cc3)cc2)c2ccc(O)cc2)cc1. The molecule has 0 saturated carbocycles. The van der Waals surface area contributed by atoms with Crippen molar-refractivity contribution in [2.24, 2.45) is 0 Å². The first-order valence-corrected chi connectivity index (χ1v) is 14.2. The highest BCUT2D eigenvalue weighted by Crippen LogP contribution is 2.35. The Kier molecular flexibility index (Phi) is 8.15. The summed E-state index contributed by atoms with van der Waals surface area (Å²) in [4.78, 5) is 2.25. The predicted molar refractivity (Wildman–Crippen MR) is 180 cm³/mol. The van der Waals surface area contributed by atoms with Gasteiger partial charge in [0.15, 0.2) is 0 Å². The highest BCUT2D eigenvalue weighted by atomic mass is 16.3. The monoisotopic (exact) mass is 557 g/mol. The summed E-state index contributed by atoms with van der Waals surface area (Å²) in [6.07, 6.45) is 6.39. The molecule has 0 aromatic heterocycles. The third-order valence-electron chi connectivity index (χ3n) is 7.25. The topological polar surface area (TPSA) is 43.7 Å². The molecule has 0 atom stereocenters. The van der Waals surface area contributed by atoms with Crippen LogP contribution in [0.25, 0.3) is 23.8 Å². The molecule has 6 aromatic carbocycles. The number of aromatic hydroxyl groups is 2. The number of benzene rings is 6. The number of hydrogen-bond donors (Lipinski definition) is 2. The molecule has 208 valence electrons. The molecule has 0 heterocycles. The van der Waals surface area contributed by atoms with Crippen LogP contribution in [0.15, 0.2) is 158 Å². The van der Waals surface area contributed by atoms with Crippen LogP contribution in [-0.4, -0.2) is 10.2 Å². The summed E-state index contributed by atoms with van der Waals surface area (Å²) >= 11 is 0. The smallest absolute Gasteiger partial charge is 0.115 e. The van der Waals surface area contributed by atoms with Gasteiger partial charge in [0.2, 0.25) is 0 Å². The Morgan fingerprint density at radius 3 is 1.28 bits per heavy atom. The van der Waals surface area contributed by atoms with Crippen molar-refractivity contribution in [2.45, 2.75) is 0 Å². The van der Waals surface area contributed by atoms with Gasteiger partial charge >= 0.3 is 0 Å². The average Bonchev–Trinajstić information content (AvgIpc) is 3.06. The molecule has 6 rings (SSSR count). The Morgan fingerprint density at radius 2 is 0.791 bits per heavy atom. The van der Waals surface area contributed by atoms with Crippen LogP contribution in [0, 0.1) is 0 Å². The minimum atomic E-state index is 0.222. The fourth-order valence-corrected chi connectivity index (χ4v) is 5.02. The Morgan fingerprint density at radius 1 is 0.395 bits per heavy atom. The number of hydrogen-bond acceptors (Lipinski definition) is 3. The van der Waals surface area contributed by atoms with Crippen molar-refractivity contribution in [1.82, 2.24) is 0 Å². The molecule has 43 heavy (non-hydrogen) atoms. The van der Waals surface area contributed by atoms with Gasteiger partial charge in [-0.3, -0.25) is 0 Å². The predicted octanol–water partition coefficient (Wildman–Crippen LogP) is 10.3. The van der Waals surface area contributed by atoms with Crippen LogP contribution in [0.5, 0.6) is 11.5 Å². The van der Waals surface area contributed by atoms with Crippen LogP contribution < -0.4 is 4.90 Å². The number of anilines is 3. The summed E-state index contributed by atoms with van der Waals surface area (Å²) in [6.45, 7) is 0. The van der Waals surface area contributed by atoms with Crippen LogP contribution in [-0.2, 0) is 0 Å². The van der Waals surface area contributed by atoms with E-state index in [4.69, 9.17) is 0 Å². The normalized spacial score (nSPS) is 10.9. The second-order valence-corrected chi connectivity index (χ2v) is 10.2. The molecule has 0 saturated heterocycles. The minimum absolute atomic E-state index is 0.222. The van der Waals surface area contributed by atoms with Crippen LogP contribution in [0.3, 0.4) is 0 Å². The van der Waals surface area contributed by atoms with Crippen LogP contribution in [0.2, 0.25) is 0 Å². The molecule has 0 unspecified atom stereocenters. The molecule has 0 bridgehead atoms. The summed E-state index contributed by atoms with van der Waals surface area (Å²) in [5.41, 5.74) is 9.47. The molecule has 0 amide bonds. The van der Waals surface area contributed by atoms with Crippen LogP contribution in [0.4, 0.5) is 17.1 Å². The van der Waals surface area contributed by atoms with Gasteiger partial charge in [-0.1, -0.05) is 109 Å². The highest BCUT2D eigenvalue weighted by molar-refractivity contribution is 5.92. The van der Waals surface area contributed by atoms with E-state index in [1.807, 2.05) is 48.5 Å². The summed E-state index contributed by atoms with van der Waals surface area (Å²) in [5, 5.41) is 19.7. The Balaban J connectivity index is 1.33. The molecule has 6 aromatic rings. The zero-order valence-electron chi connectivity index (χ0n) is 23.6. The second-order valence-electron chi connectivity index (χ2n) is 10.2. The lowest BCUT2D eigenvalue weighted by molar-refractivity contribution is 0.475. The second kappa shape index (κ2) is 12.8. The van der Waals surface area contributed by atoms with E-state index < -0.39 is 0 Å². The lowest BCUT2D eigenvalue weighted by atomic mass is 9.95. The molecule has 0 fully saturated rings. The van der Waals surface area contributed by atoms with Gasteiger partial charge in [-0.2, -0.15) is 0 Å². The molecule has 3 nitrogen and oxygen atoms in total. The summed E-state index contributed by atoms with van der Waals surface area (Å²) in [5.74, 6) is 0.443. The first-order valence-electron chi connectivity index (χ1n) is 14.2. The fourth-order valence-electron chi connectivity index (χ4n) is 5.02. The first-order chi connectivity index (χ1) is 21.1. The lowest BCUT2D eigenvalue weighted by Crippen LogP contribution is -2.09. The quantitative estimate of drug-likeness (QED) is 0.183. The molecule has 2 N–H and O–H groups in total. The highest BCUT2D eigenvalue weighted by Gasteiger charge is 2.13. The number of phenols is 2. The van der Waals surface area contributed by atoms with Crippen LogP contribution >= 0.6 is 0 Å². The van der Waals surface area contributed by atoms with Crippen molar-refractivity contribution in [3.8, 4) is 11.5 Å². The molecule has 0 spiro atoms. The summed E-state index contributed by atoms with van der Waals surface area (Å²) in [7, 11) is 0. The number of nitrogens with zero attached hydrogens (tertiary/aromatic N) is 1. The van der Waals surface area contributed by atoms with Gasteiger partial charge in [0, 0.05) is 17.1 Å². The van der Waals surface area contributed by atoms with E-state index in [1.165, 1.54) is 5.56 Å². The number of phenolic OH excluding ortho intramolecular Hbond substituents is 2. The van der Waals surface area contributed by atoms with Crippen molar-refractivity contribution in [3.63, 3.8) is 0 Å². The van der Waals surface area contributed by atoms with Gasteiger partial charge in [-0.15, -0.1) is 0 Å². The van der Waals surface area contributed by atoms with Gasteiger partial charge in [0.1, 0.15) is 11.5 Å². The van der Waals surface area contributed by atoms with Crippen molar-refractivity contribution < 1.29 is 10.2 Å². The van der Waals surface area contributed by atoms with Gasteiger partial charge in [0.25, 0.3) is 0 Å². The Bertz CT molecular complexity index is 1780. The van der Waals surface area contributed by atoms with Crippen molar-refractivity contribution in [2.75, 3.05) is 4.90 Å². The maximum absolute atomic E-state index is 9.83. The van der Waals surface area contributed by atoms with E-state index in [2.05, 4.69) is 108 Å². The first kappa shape index (κ1) is 27.4. The van der Waals surface area contributed by atoms with E-state index in [1.54, 1.807) is 24.3 Å². The molecular weight excluding hydrogens is 526 g/mol. The summed E-state index contributed by atoms with van der Waals surface area (Å²) < 4.78 is 0. The maximum Gasteiger partial charge on any atom is 0.115 e. The van der Waals surface area contributed by atoms with E-state index >= 15 is 0 Å². The van der Waals surface area contributed by atoms with Gasteiger partial charge in [-0.05, 0) is 100 Å². The van der Waals surface area contributed by atoms with Gasteiger partial charge < -0.3 is 15.1 Å². The zero-order chi connectivity index (χ0) is 29.4. The largest absolute Gasteiger partial charge is 0.508 e. The maximum atomic E-state index is 9.83.